The molecule has 0 aromatic heterocycles. The Morgan fingerprint density at radius 1 is 1.24 bits per heavy atom. The van der Waals surface area contributed by atoms with Crippen LogP contribution < -0.4 is 16.4 Å². The number of nitrogens with two attached hydrogens (primary N) is 1. The highest BCUT2D eigenvalue weighted by Crippen LogP contribution is 2.44. The van der Waals surface area contributed by atoms with E-state index in [4.69, 9.17) is 10.7 Å². The smallest absolute Gasteiger partial charge is 0.223 e. The largest absolute Gasteiger partial charge is 0.389 e. The molecule has 1 amide bonds. The number of aliphatic hydroxyl groups excluding tert-OH is 1. The van der Waals surface area contributed by atoms with Crippen molar-refractivity contribution in [2.24, 2.45) is 28.5 Å². The molecule has 3 fully saturated rings. The Balaban J connectivity index is 1.74. The van der Waals surface area contributed by atoms with Gasteiger partial charge < -0.3 is 21.5 Å². The molecule has 194 valence electrons. The zero-order chi connectivity index (χ0) is 24.9. The molecule has 4 unspecified atom stereocenters. The summed E-state index contributed by atoms with van der Waals surface area (Å²) in [6, 6.07) is -0.547. The summed E-state index contributed by atoms with van der Waals surface area (Å²) < 4.78 is 0. The second kappa shape index (κ2) is 11.9. The number of likely N-dealkylation sites (tertiary alicyclic amines) is 1. The summed E-state index contributed by atoms with van der Waals surface area (Å²) >= 11 is 0. The first-order chi connectivity index (χ1) is 16.2. The van der Waals surface area contributed by atoms with Crippen LogP contribution in [-0.4, -0.2) is 65.6 Å². The number of nitrogens with zero attached hydrogens (tertiary/aromatic N) is 2. The number of nitrogens with one attached hydrogen (secondary N) is 2. The summed E-state index contributed by atoms with van der Waals surface area (Å²) in [6.45, 7) is 9.41. The van der Waals surface area contributed by atoms with E-state index in [0.717, 1.165) is 25.7 Å². The number of carbonyl (C=O) groups is 1. The van der Waals surface area contributed by atoms with Crippen molar-refractivity contribution < 1.29 is 9.90 Å². The van der Waals surface area contributed by atoms with Gasteiger partial charge in [0.05, 0.1) is 29.6 Å². The zero-order valence-corrected chi connectivity index (χ0v) is 22.1. The van der Waals surface area contributed by atoms with Gasteiger partial charge in [0.2, 0.25) is 5.91 Å². The van der Waals surface area contributed by atoms with E-state index in [1.165, 1.54) is 37.7 Å². The van der Waals surface area contributed by atoms with Gasteiger partial charge in [-0.2, -0.15) is 0 Å². The molecule has 7 nitrogen and oxygen atoms in total. The molecule has 1 aliphatic heterocycles. The predicted molar refractivity (Wildman–Crippen MR) is 140 cm³/mol. The zero-order valence-electron chi connectivity index (χ0n) is 22.1. The second-order valence-electron chi connectivity index (χ2n) is 11.4. The fourth-order valence-corrected chi connectivity index (χ4v) is 6.63. The Bertz CT molecular complexity index is 747. The number of rotatable bonds is 9. The summed E-state index contributed by atoms with van der Waals surface area (Å²) in [5.41, 5.74) is 6.78. The first-order valence-corrected chi connectivity index (χ1v) is 13.6. The van der Waals surface area contributed by atoms with Gasteiger partial charge in [-0.25, -0.2) is 0 Å². The minimum absolute atomic E-state index is 0.0942. The van der Waals surface area contributed by atoms with E-state index < -0.39 is 11.6 Å². The van der Waals surface area contributed by atoms with E-state index in [0.29, 0.717) is 30.8 Å². The SMILES string of the molecule is CCCC(N)=NC(CNC=C(C)C)[C@@]1(C)[C@H](O)[C@H](NC(=O)C2CCCC3CCCCC32)CN1C. The maximum Gasteiger partial charge on any atom is 0.223 e. The Morgan fingerprint density at radius 3 is 2.65 bits per heavy atom. The second-order valence-corrected chi connectivity index (χ2v) is 11.4. The molecule has 0 aromatic rings. The molecule has 0 spiro atoms. The monoisotopic (exact) mass is 475 g/mol. The van der Waals surface area contributed by atoms with Gasteiger partial charge in [-0.1, -0.05) is 44.6 Å². The quantitative estimate of drug-likeness (QED) is 0.303. The number of aliphatic hydroxyl groups is 1. The van der Waals surface area contributed by atoms with Crippen LogP contribution in [0.1, 0.15) is 85.5 Å². The number of fused-ring (bicyclic) bond motifs is 1. The molecule has 0 radical (unpaired) electrons. The highest BCUT2D eigenvalue weighted by atomic mass is 16.3. The van der Waals surface area contributed by atoms with Crippen LogP contribution >= 0.6 is 0 Å². The lowest BCUT2D eigenvalue weighted by Crippen LogP contribution is -2.59. The first-order valence-electron chi connectivity index (χ1n) is 13.6. The van der Waals surface area contributed by atoms with Crippen molar-refractivity contribution >= 4 is 11.7 Å². The van der Waals surface area contributed by atoms with E-state index in [1.54, 1.807) is 0 Å². The molecular weight excluding hydrogens is 426 g/mol. The van der Waals surface area contributed by atoms with Crippen molar-refractivity contribution in [3.8, 4) is 0 Å². The van der Waals surface area contributed by atoms with Gasteiger partial charge in [0.1, 0.15) is 0 Å². The van der Waals surface area contributed by atoms with Crippen molar-refractivity contribution in [2.75, 3.05) is 20.1 Å². The number of amides is 1. The average Bonchev–Trinajstić information content (AvgIpc) is 3.02. The van der Waals surface area contributed by atoms with E-state index in [1.807, 2.05) is 27.1 Å². The van der Waals surface area contributed by atoms with Gasteiger partial charge >= 0.3 is 0 Å². The Labute approximate surface area is 207 Å². The molecule has 0 bridgehead atoms. The molecule has 5 N–H and O–H groups in total. The van der Waals surface area contributed by atoms with Crippen LogP contribution in [0, 0.1) is 17.8 Å². The van der Waals surface area contributed by atoms with Crippen LogP contribution in [0.3, 0.4) is 0 Å². The lowest BCUT2D eigenvalue weighted by atomic mass is 9.65. The number of carbonyl (C=O) groups excluding carboxylic acids is 1. The highest BCUT2D eigenvalue weighted by Gasteiger charge is 2.54. The average molecular weight is 476 g/mol. The highest BCUT2D eigenvalue weighted by molar-refractivity contribution is 5.81. The summed E-state index contributed by atoms with van der Waals surface area (Å²) in [7, 11) is 2.02. The molecule has 34 heavy (non-hydrogen) atoms. The summed E-state index contributed by atoms with van der Waals surface area (Å²) in [4.78, 5) is 20.5. The minimum atomic E-state index is -0.733. The number of allylic oxidation sites excluding steroid dienone is 1. The molecule has 2 aliphatic carbocycles. The van der Waals surface area contributed by atoms with E-state index in [-0.39, 0.29) is 23.9 Å². The van der Waals surface area contributed by atoms with Crippen molar-refractivity contribution in [3.05, 3.63) is 11.8 Å². The van der Waals surface area contributed by atoms with Crippen molar-refractivity contribution in [1.82, 2.24) is 15.5 Å². The van der Waals surface area contributed by atoms with Gasteiger partial charge in [0.25, 0.3) is 0 Å². The molecule has 2 saturated carbocycles. The third kappa shape index (κ3) is 5.96. The summed E-state index contributed by atoms with van der Waals surface area (Å²) in [5.74, 6) is 2.08. The maximum atomic E-state index is 13.4. The number of likely N-dealkylation sites (N-methyl/N-ethyl adjacent to an activating group) is 1. The third-order valence-corrected chi connectivity index (χ3v) is 8.72. The fourth-order valence-electron chi connectivity index (χ4n) is 6.63. The lowest BCUT2D eigenvalue weighted by molar-refractivity contribution is -0.131. The minimum Gasteiger partial charge on any atom is -0.389 e. The van der Waals surface area contributed by atoms with E-state index in [2.05, 4.69) is 29.4 Å². The van der Waals surface area contributed by atoms with Crippen LogP contribution in [0.2, 0.25) is 0 Å². The van der Waals surface area contributed by atoms with Crippen molar-refractivity contribution in [3.63, 3.8) is 0 Å². The molecule has 1 heterocycles. The van der Waals surface area contributed by atoms with E-state index >= 15 is 0 Å². The Hall–Kier alpha value is -1.60. The topological polar surface area (TPSA) is 103 Å². The number of hydrogen-bond donors (Lipinski definition) is 4. The van der Waals surface area contributed by atoms with Gasteiger partial charge in [-0.3, -0.25) is 14.7 Å². The van der Waals surface area contributed by atoms with Crippen molar-refractivity contribution in [1.29, 1.82) is 0 Å². The Kier molecular flexibility index (Phi) is 9.44. The van der Waals surface area contributed by atoms with Crippen LogP contribution in [0.5, 0.6) is 0 Å². The molecule has 1 saturated heterocycles. The number of amidine groups is 1. The molecule has 7 heteroatoms. The van der Waals surface area contributed by atoms with Gasteiger partial charge in [-0.05, 0) is 65.1 Å². The molecule has 3 rings (SSSR count). The van der Waals surface area contributed by atoms with Gasteiger partial charge in [0, 0.05) is 25.4 Å². The van der Waals surface area contributed by atoms with Gasteiger partial charge in [-0.15, -0.1) is 0 Å². The summed E-state index contributed by atoms with van der Waals surface area (Å²) in [6.07, 6.45) is 11.3. The predicted octanol–water partition coefficient (Wildman–Crippen LogP) is 3.18. The first kappa shape index (κ1) is 27.0. The molecular formula is C27H49N5O2. The normalized spacial score (nSPS) is 35.4. The standard InChI is InChI=1S/C27H49N5O2/c1-6-10-24(28)31-23(16-29-15-18(2)3)27(4)25(33)22(17-32(27)5)30-26(34)21-14-9-12-19-11-7-8-13-20(19)21/h15,19-23,25,29,33H,6-14,16-17H2,1-5H3,(H2,28,31)(H,30,34)/t19?,20?,21?,22-,23?,25-,27+/m1/s1. The fraction of sp³-hybridized carbons (Fsp3) is 0.852. The molecule has 3 aliphatic rings. The third-order valence-electron chi connectivity index (χ3n) is 8.72. The van der Waals surface area contributed by atoms with Crippen LogP contribution in [0.4, 0.5) is 0 Å². The van der Waals surface area contributed by atoms with E-state index in [9.17, 15) is 9.90 Å². The van der Waals surface area contributed by atoms with Crippen LogP contribution in [0.15, 0.2) is 16.8 Å². The molecule has 7 atom stereocenters. The van der Waals surface area contributed by atoms with Crippen LogP contribution in [-0.2, 0) is 4.79 Å². The maximum absolute atomic E-state index is 13.4. The van der Waals surface area contributed by atoms with Gasteiger partial charge in [0.15, 0.2) is 0 Å². The summed E-state index contributed by atoms with van der Waals surface area (Å²) in [5, 5.41) is 18.2. The Morgan fingerprint density at radius 2 is 1.94 bits per heavy atom. The van der Waals surface area contributed by atoms with Crippen molar-refractivity contribution in [2.45, 2.75) is 109 Å². The number of aliphatic imine (C=N–C) groups is 1. The molecule has 0 aromatic carbocycles. The van der Waals surface area contributed by atoms with Crippen LogP contribution in [0.25, 0.3) is 0 Å². The number of hydrogen-bond acceptors (Lipinski definition) is 5. The lowest BCUT2D eigenvalue weighted by Gasteiger charge is -2.41.